The van der Waals surface area contributed by atoms with Gasteiger partial charge in [-0.3, -0.25) is 4.79 Å². The standard InChI is InChI=1S/C22H29F2N3O/c1-14(2)18-6-4-5-16(7-18)12-26-13-21(25)22(27-15(3)28)10-17-8-19(23)11-20(24)9-17/h4-9,11,14,21-22,26H,10,12-13,25H2,1-3H3,(H,27,28). The molecule has 2 atom stereocenters. The molecule has 0 aliphatic carbocycles. The maximum Gasteiger partial charge on any atom is 0.217 e. The summed E-state index contributed by atoms with van der Waals surface area (Å²) in [6.07, 6.45) is 0.250. The molecular formula is C22H29F2N3O. The van der Waals surface area contributed by atoms with Crippen molar-refractivity contribution in [1.82, 2.24) is 10.6 Å². The third-order valence-corrected chi connectivity index (χ3v) is 4.61. The summed E-state index contributed by atoms with van der Waals surface area (Å²) in [5, 5.41) is 6.10. The van der Waals surface area contributed by atoms with Gasteiger partial charge in [0.1, 0.15) is 11.6 Å². The second kappa shape index (κ2) is 10.3. The third kappa shape index (κ3) is 7.02. The van der Waals surface area contributed by atoms with E-state index in [4.69, 9.17) is 5.73 Å². The van der Waals surface area contributed by atoms with Crippen molar-refractivity contribution in [3.05, 3.63) is 70.8 Å². The molecule has 4 N–H and O–H groups in total. The zero-order chi connectivity index (χ0) is 20.7. The number of nitrogens with two attached hydrogens (primary N) is 1. The van der Waals surface area contributed by atoms with Gasteiger partial charge in [-0.25, -0.2) is 8.78 Å². The fourth-order valence-electron chi connectivity index (χ4n) is 3.14. The molecule has 0 spiro atoms. The lowest BCUT2D eigenvalue weighted by atomic mass is 9.99. The molecule has 1 amide bonds. The maximum absolute atomic E-state index is 13.5. The molecule has 0 saturated heterocycles. The molecule has 0 aromatic heterocycles. The first-order valence-corrected chi connectivity index (χ1v) is 9.51. The Morgan fingerprint density at radius 3 is 2.36 bits per heavy atom. The van der Waals surface area contributed by atoms with Gasteiger partial charge in [0.05, 0.1) is 0 Å². The number of carbonyl (C=O) groups is 1. The van der Waals surface area contributed by atoms with E-state index < -0.39 is 23.7 Å². The average molecular weight is 389 g/mol. The van der Waals surface area contributed by atoms with Crippen LogP contribution in [0.25, 0.3) is 0 Å². The molecule has 28 heavy (non-hydrogen) atoms. The highest BCUT2D eigenvalue weighted by Crippen LogP contribution is 2.15. The Hall–Kier alpha value is -2.31. The monoisotopic (exact) mass is 389 g/mol. The van der Waals surface area contributed by atoms with Crippen LogP contribution in [0.1, 0.15) is 43.4 Å². The van der Waals surface area contributed by atoms with Gasteiger partial charge in [-0.2, -0.15) is 0 Å². The molecule has 152 valence electrons. The molecule has 2 unspecified atom stereocenters. The molecule has 0 fully saturated rings. The number of halogens is 2. The van der Waals surface area contributed by atoms with Crippen LogP contribution >= 0.6 is 0 Å². The summed E-state index contributed by atoms with van der Waals surface area (Å²) in [5.74, 6) is -1.07. The van der Waals surface area contributed by atoms with Crippen LogP contribution in [0.3, 0.4) is 0 Å². The lowest BCUT2D eigenvalue weighted by Crippen LogP contribution is -2.52. The Kier molecular flexibility index (Phi) is 8.08. The molecule has 0 bridgehead atoms. The van der Waals surface area contributed by atoms with E-state index in [0.29, 0.717) is 24.6 Å². The Balaban J connectivity index is 1.97. The highest BCUT2D eigenvalue weighted by atomic mass is 19.1. The van der Waals surface area contributed by atoms with Crippen molar-refractivity contribution < 1.29 is 13.6 Å². The fraction of sp³-hybridized carbons (Fsp3) is 0.409. The zero-order valence-corrected chi connectivity index (χ0v) is 16.6. The van der Waals surface area contributed by atoms with Crippen LogP contribution in [-0.2, 0) is 17.8 Å². The molecule has 0 heterocycles. The number of hydrogen-bond acceptors (Lipinski definition) is 3. The van der Waals surface area contributed by atoms with E-state index >= 15 is 0 Å². The molecule has 0 aliphatic rings. The molecule has 2 aromatic carbocycles. The van der Waals surface area contributed by atoms with E-state index in [1.165, 1.54) is 24.6 Å². The Morgan fingerprint density at radius 2 is 1.75 bits per heavy atom. The van der Waals surface area contributed by atoms with Gasteiger partial charge in [0.25, 0.3) is 0 Å². The Labute approximate surface area is 165 Å². The van der Waals surface area contributed by atoms with Crippen LogP contribution in [0.2, 0.25) is 0 Å². The first kappa shape index (κ1) is 22.0. The van der Waals surface area contributed by atoms with Gasteiger partial charge >= 0.3 is 0 Å². The lowest BCUT2D eigenvalue weighted by Gasteiger charge is -2.25. The highest BCUT2D eigenvalue weighted by molar-refractivity contribution is 5.73. The summed E-state index contributed by atoms with van der Waals surface area (Å²) in [7, 11) is 0. The maximum atomic E-state index is 13.5. The van der Waals surface area contributed by atoms with Crippen molar-refractivity contribution in [1.29, 1.82) is 0 Å². The first-order chi connectivity index (χ1) is 13.2. The van der Waals surface area contributed by atoms with Gasteiger partial charge in [0.15, 0.2) is 0 Å². The van der Waals surface area contributed by atoms with Gasteiger partial charge in [0, 0.05) is 38.2 Å². The highest BCUT2D eigenvalue weighted by Gasteiger charge is 2.20. The fourth-order valence-corrected chi connectivity index (χ4v) is 3.14. The summed E-state index contributed by atoms with van der Waals surface area (Å²) in [4.78, 5) is 11.5. The Morgan fingerprint density at radius 1 is 1.07 bits per heavy atom. The number of nitrogens with one attached hydrogen (secondary N) is 2. The van der Waals surface area contributed by atoms with Crippen molar-refractivity contribution in [3.63, 3.8) is 0 Å². The van der Waals surface area contributed by atoms with Crippen molar-refractivity contribution in [2.75, 3.05) is 6.54 Å². The molecule has 2 rings (SSSR count). The first-order valence-electron chi connectivity index (χ1n) is 9.51. The normalized spacial score (nSPS) is 13.4. The second-order valence-corrected chi connectivity index (χ2v) is 7.48. The number of hydrogen-bond donors (Lipinski definition) is 3. The van der Waals surface area contributed by atoms with Crippen molar-refractivity contribution in [2.24, 2.45) is 5.73 Å². The topological polar surface area (TPSA) is 67.2 Å². The molecule has 4 nitrogen and oxygen atoms in total. The lowest BCUT2D eigenvalue weighted by molar-refractivity contribution is -0.119. The largest absolute Gasteiger partial charge is 0.352 e. The van der Waals surface area contributed by atoms with Gasteiger partial charge in [0.2, 0.25) is 5.91 Å². The summed E-state index contributed by atoms with van der Waals surface area (Å²) in [5.41, 5.74) is 9.15. The Bertz CT molecular complexity index is 775. The van der Waals surface area contributed by atoms with Gasteiger partial charge in [-0.05, 0) is 41.2 Å². The average Bonchev–Trinajstić information content (AvgIpc) is 2.60. The summed E-state index contributed by atoms with van der Waals surface area (Å²) in [6.45, 7) is 6.80. The van der Waals surface area contributed by atoms with E-state index in [0.717, 1.165) is 11.6 Å². The second-order valence-electron chi connectivity index (χ2n) is 7.48. The molecule has 0 saturated carbocycles. The van der Waals surface area contributed by atoms with Crippen molar-refractivity contribution >= 4 is 5.91 Å². The number of amides is 1. The summed E-state index contributed by atoms with van der Waals surface area (Å²) in [6, 6.07) is 10.8. The predicted molar refractivity (Wildman–Crippen MR) is 108 cm³/mol. The zero-order valence-electron chi connectivity index (χ0n) is 16.6. The van der Waals surface area contributed by atoms with Crippen LogP contribution < -0.4 is 16.4 Å². The smallest absolute Gasteiger partial charge is 0.217 e. The van der Waals surface area contributed by atoms with Crippen LogP contribution in [0.5, 0.6) is 0 Å². The minimum absolute atomic E-state index is 0.234. The van der Waals surface area contributed by atoms with Gasteiger partial charge in [-0.1, -0.05) is 38.1 Å². The molecule has 0 aliphatic heterocycles. The van der Waals surface area contributed by atoms with Crippen LogP contribution in [0, 0.1) is 11.6 Å². The molecular weight excluding hydrogens is 360 g/mol. The van der Waals surface area contributed by atoms with E-state index in [-0.39, 0.29) is 12.3 Å². The van der Waals surface area contributed by atoms with E-state index in [1.807, 2.05) is 12.1 Å². The van der Waals surface area contributed by atoms with Gasteiger partial charge in [-0.15, -0.1) is 0 Å². The number of rotatable bonds is 9. The summed E-state index contributed by atoms with van der Waals surface area (Å²) >= 11 is 0. The van der Waals surface area contributed by atoms with Crippen molar-refractivity contribution in [2.45, 2.75) is 51.7 Å². The van der Waals surface area contributed by atoms with Crippen LogP contribution in [-0.4, -0.2) is 24.5 Å². The third-order valence-electron chi connectivity index (χ3n) is 4.61. The van der Waals surface area contributed by atoms with E-state index in [1.54, 1.807) is 0 Å². The number of carbonyl (C=O) groups excluding carboxylic acids is 1. The summed E-state index contributed by atoms with van der Waals surface area (Å²) < 4.78 is 26.9. The number of benzene rings is 2. The minimum atomic E-state index is -0.645. The molecule has 2 aromatic rings. The SMILES string of the molecule is CC(=O)NC(Cc1cc(F)cc(F)c1)C(N)CNCc1cccc(C(C)C)c1. The van der Waals surface area contributed by atoms with Crippen LogP contribution in [0.4, 0.5) is 8.78 Å². The van der Waals surface area contributed by atoms with Gasteiger partial charge < -0.3 is 16.4 Å². The van der Waals surface area contributed by atoms with E-state index in [2.05, 4.69) is 36.6 Å². The van der Waals surface area contributed by atoms with E-state index in [9.17, 15) is 13.6 Å². The predicted octanol–water partition coefficient (Wildman–Crippen LogP) is 3.25. The quantitative estimate of drug-likeness (QED) is 0.617. The van der Waals surface area contributed by atoms with Crippen LogP contribution in [0.15, 0.2) is 42.5 Å². The van der Waals surface area contributed by atoms with Crippen molar-refractivity contribution in [3.8, 4) is 0 Å². The molecule has 0 radical (unpaired) electrons. The molecule has 6 heteroatoms. The minimum Gasteiger partial charge on any atom is -0.352 e.